The zero-order valence-corrected chi connectivity index (χ0v) is 19.4. The normalized spacial score (nSPS) is 18.6. The Balaban J connectivity index is 2.11. The number of carbonyl (C=O) groups excluding carboxylic acids is 2. The summed E-state index contributed by atoms with van der Waals surface area (Å²) in [5.74, 6) is -0.294. The second-order valence-electron chi connectivity index (χ2n) is 9.07. The maximum Gasteiger partial charge on any atom is 0.410 e. The highest BCUT2D eigenvalue weighted by Crippen LogP contribution is 2.23. The Morgan fingerprint density at radius 3 is 2.43 bits per heavy atom. The predicted molar refractivity (Wildman–Crippen MR) is 115 cm³/mol. The molecule has 0 spiro atoms. The quantitative estimate of drug-likeness (QED) is 0.748. The van der Waals surface area contributed by atoms with Crippen molar-refractivity contribution in [3.8, 4) is 0 Å². The van der Waals surface area contributed by atoms with Gasteiger partial charge in [0.05, 0.1) is 4.90 Å². The number of benzene rings is 1. The number of primary sulfonamides is 1. The molecule has 2 amide bonds. The molecule has 2 atom stereocenters. The molecule has 1 heterocycles. The third-order valence-electron chi connectivity index (χ3n) is 5.25. The fourth-order valence-electron chi connectivity index (χ4n) is 3.70. The van der Waals surface area contributed by atoms with Gasteiger partial charge in [-0.15, -0.1) is 0 Å². The number of likely N-dealkylation sites (tertiary alicyclic amines) is 1. The summed E-state index contributed by atoms with van der Waals surface area (Å²) in [6.07, 6.45) is 1.34. The third-order valence-corrected chi connectivity index (χ3v) is 6.30. The van der Waals surface area contributed by atoms with Crippen LogP contribution in [0.1, 0.15) is 62.0 Å². The molecule has 8 nitrogen and oxygen atoms in total. The Hall–Kier alpha value is -2.13. The van der Waals surface area contributed by atoms with Gasteiger partial charge in [-0.05, 0) is 77.5 Å². The van der Waals surface area contributed by atoms with Crippen LogP contribution in [0.4, 0.5) is 4.79 Å². The molecule has 168 valence electrons. The van der Waals surface area contributed by atoms with Crippen molar-refractivity contribution >= 4 is 22.0 Å². The first kappa shape index (κ1) is 24.1. The van der Waals surface area contributed by atoms with Crippen molar-refractivity contribution in [3.05, 3.63) is 28.8 Å². The summed E-state index contributed by atoms with van der Waals surface area (Å²) in [5, 5.41) is 8.23. The zero-order chi connectivity index (χ0) is 22.9. The molecule has 0 radical (unpaired) electrons. The molecular weight excluding hydrogens is 406 g/mol. The second-order valence-corrected chi connectivity index (χ2v) is 10.6. The second kappa shape index (κ2) is 8.93. The summed E-state index contributed by atoms with van der Waals surface area (Å²) in [4.78, 5) is 26.9. The molecule has 1 fully saturated rings. The molecule has 1 aromatic carbocycles. The molecule has 1 aliphatic heterocycles. The van der Waals surface area contributed by atoms with E-state index in [2.05, 4.69) is 5.32 Å². The lowest BCUT2D eigenvalue weighted by atomic mass is 9.91. The summed E-state index contributed by atoms with van der Waals surface area (Å²) < 4.78 is 29.1. The largest absolute Gasteiger partial charge is 0.444 e. The number of nitrogens with two attached hydrogens (primary N) is 1. The van der Waals surface area contributed by atoms with Crippen LogP contribution in [-0.4, -0.2) is 50.1 Å². The minimum Gasteiger partial charge on any atom is -0.444 e. The van der Waals surface area contributed by atoms with Crippen molar-refractivity contribution in [2.24, 2.45) is 11.1 Å². The number of amides is 2. The first-order chi connectivity index (χ1) is 13.7. The molecule has 0 bridgehead atoms. The summed E-state index contributed by atoms with van der Waals surface area (Å²) >= 11 is 0. The van der Waals surface area contributed by atoms with Gasteiger partial charge >= 0.3 is 6.09 Å². The van der Waals surface area contributed by atoms with Gasteiger partial charge in [-0.3, -0.25) is 4.79 Å². The van der Waals surface area contributed by atoms with E-state index in [9.17, 15) is 18.0 Å². The van der Waals surface area contributed by atoms with Gasteiger partial charge in [-0.25, -0.2) is 18.4 Å². The van der Waals surface area contributed by atoms with Crippen molar-refractivity contribution in [3.63, 3.8) is 0 Å². The molecule has 1 aromatic rings. The van der Waals surface area contributed by atoms with E-state index in [1.165, 1.54) is 6.07 Å². The topological polar surface area (TPSA) is 119 Å². The lowest BCUT2D eigenvalue weighted by molar-refractivity contribution is 0.0150. The molecule has 0 unspecified atom stereocenters. The van der Waals surface area contributed by atoms with Gasteiger partial charge in [-0.1, -0.05) is 6.07 Å². The predicted octanol–water partition coefficient (Wildman–Crippen LogP) is 2.72. The van der Waals surface area contributed by atoms with Gasteiger partial charge in [0.1, 0.15) is 5.60 Å². The highest BCUT2D eigenvalue weighted by Gasteiger charge is 2.31. The Bertz CT molecular complexity index is 921. The fraction of sp³-hybridized carbons (Fsp3) is 0.619. The summed E-state index contributed by atoms with van der Waals surface area (Å²) in [7, 11) is -3.93. The van der Waals surface area contributed by atoms with Crippen LogP contribution in [0.2, 0.25) is 0 Å². The van der Waals surface area contributed by atoms with E-state index < -0.39 is 15.6 Å². The molecule has 0 aliphatic carbocycles. The van der Waals surface area contributed by atoms with Gasteiger partial charge in [0.15, 0.2) is 0 Å². The number of hydrogen-bond acceptors (Lipinski definition) is 5. The van der Waals surface area contributed by atoms with E-state index in [0.29, 0.717) is 24.2 Å². The molecule has 3 N–H and O–H groups in total. The minimum absolute atomic E-state index is 0.0559. The van der Waals surface area contributed by atoms with E-state index >= 15 is 0 Å². The standard InChI is InChI=1S/C21H33N3O5S/c1-13-10-14(2)18(30(22,27)28)11-17(13)19(25)23-15(3)16-8-7-9-24(12-16)20(26)29-21(4,5)6/h10-11,15-16H,7-9,12H2,1-6H3,(H,23,25)(H2,22,27,28)/t15-,16+/m1/s1. The average molecular weight is 440 g/mol. The van der Waals surface area contributed by atoms with Crippen LogP contribution in [0.5, 0.6) is 0 Å². The number of carbonyl (C=O) groups is 2. The molecule has 30 heavy (non-hydrogen) atoms. The highest BCUT2D eigenvalue weighted by molar-refractivity contribution is 7.89. The molecule has 0 aromatic heterocycles. The molecule has 1 saturated heterocycles. The summed E-state index contributed by atoms with van der Waals surface area (Å²) in [6, 6.07) is 2.77. The Kier molecular flexibility index (Phi) is 7.19. The average Bonchev–Trinajstić information content (AvgIpc) is 2.59. The van der Waals surface area contributed by atoms with Gasteiger partial charge < -0.3 is 15.0 Å². The third kappa shape index (κ3) is 6.18. The minimum atomic E-state index is -3.93. The van der Waals surface area contributed by atoms with Crippen LogP contribution in [0, 0.1) is 19.8 Å². The zero-order valence-electron chi connectivity index (χ0n) is 18.6. The lowest BCUT2D eigenvalue weighted by Crippen LogP contribution is -2.49. The van der Waals surface area contributed by atoms with E-state index in [4.69, 9.17) is 9.88 Å². The Morgan fingerprint density at radius 1 is 1.23 bits per heavy atom. The highest BCUT2D eigenvalue weighted by atomic mass is 32.2. The molecule has 1 aliphatic rings. The number of nitrogens with one attached hydrogen (secondary N) is 1. The molecule has 0 saturated carbocycles. The monoisotopic (exact) mass is 439 g/mol. The van der Waals surface area contributed by atoms with E-state index in [0.717, 1.165) is 12.8 Å². The Morgan fingerprint density at radius 2 is 1.87 bits per heavy atom. The van der Waals surface area contributed by atoms with Crippen LogP contribution >= 0.6 is 0 Å². The smallest absolute Gasteiger partial charge is 0.410 e. The van der Waals surface area contributed by atoms with Crippen LogP contribution in [0.25, 0.3) is 0 Å². The van der Waals surface area contributed by atoms with Gasteiger partial charge in [0, 0.05) is 24.7 Å². The van der Waals surface area contributed by atoms with Crippen molar-refractivity contribution in [2.75, 3.05) is 13.1 Å². The van der Waals surface area contributed by atoms with Crippen molar-refractivity contribution in [1.82, 2.24) is 10.2 Å². The molecular formula is C21H33N3O5S. The van der Waals surface area contributed by atoms with Gasteiger partial charge in [0.25, 0.3) is 5.91 Å². The van der Waals surface area contributed by atoms with E-state index in [-0.39, 0.29) is 34.4 Å². The SMILES string of the molecule is Cc1cc(C)c(S(N)(=O)=O)cc1C(=O)N[C@H](C)[C@H]1CCCN(C(=O)OC(C)(C)C)C1. The fourth-order valence-corrected chi connectivity index (χ4v) is 4.49. The molecule has 9 heteroatoms. The van der Waals surface area contributed by atoms with E-state index in [1.54, 1.807) is 24.8 Å². The molecule has 2 rings (SSSR count). The van der Waals surface area contributed by atoms with Crippen molar-refractivity contribution in [2.45, 2.75) is 70.9 Å². The lowest BCUT2D eigenvalue weighted by Gasteiger charge is -2.36. The van der Waals surface area contributed by atoms with Crippen molar-refractivity contribution in [1.29, 1.82) is 0 Å². The number of rotatable bonds is 4. The summed E-state index contributed by atoms with van der Waals surface area (Å²) in [6.45, 7) is 11.9. The Labute approximate surface area is 179 Å². The van der Waals surface area contributed by atoms with Gasteiger partial charge in [-0.2, -0.15) is 0 Å². The van der Waals surface area contributed by atoms with E-state index in [1.807, 2.05) is 27.7 Å². The van der Waals surface area contributed by atoms with Crippen molar-refractivity contribution < 1.29 is 22.7 Å². The van der Waals surface area contributed by atoms with Gasteiger partial charge in [0.2, 0.25) is 10.0 Å². The van der Waals surface area contributed by atoms with Crippen LogP contribution < -0.4 is 10.5 Å². The number of nitrogens with zero attached hydrogens (tertiary/aromatic N) is 1. The van der Waals surface area contributed by atoms with Crippen LogP contribution in [0.3, 0.4) is 0 Å². The number of sulfonamides is 1. The van der Waals surface area contributed by atoms with Crippen LogP contribution in [0.15, 0.2) is 17.0 Å². The first-order valence-corrected chi connectivity index (χ1v) is 11.7. The number of aryl methyl sites for hydroxylation is 2. The van der Waals surface area contributed by atoms with Crippen LogP contribution in [-0.2, 0) is 14.8 Å². The number of piperidine rings is 1. The maximum atomic E-state index is 12.9. The summed E-state index contributed by atoms with van der Waals surface area (Å²) in [5.41, 5.74) is 0.883. The number of ether oxygens (including phenoxy) is 1. The maximum absolute atomic E-state index is 12.9. The number of hydrogen-bond donors (Lipinski definition) is 2. The first-order valence-electron chi connectivity index (χ1n) is 10.1.